The van der Waals surface area contributed by atoms with Crippen molar-refractivity contribution in [2.45, 2.75) is 45.3 Å². The van der Waals surface area contributed by atoms with Gasteiger partial charge >= 0.3 is 0 Å². The maximum Gasteiger partial charge on any atom is 0.223 e. The fraction of sp³-hybridized carbons (Fsp3) is 0.765. The highest BCUT2D eigenvalue weighted by molar-refractivity contribution is 5.77. The van der Waals surface area contributed by atoms with E-state index >= 15 is 0 Å². The van der Waals surface area contributed by atoms with Crippen molar-refractivity contribution < 1.29 is 9.53 Å². The summed E-state index contributed by atoms with van der Waals surface area (Å²) in [6.45, 7) is 6.96. The maximum atomic E-state index is 11.5. The van der Waals surface area contributed by atoms with E-state index in [4.69, 9.17) is 10.5 Å². The second-order valence-electron chi connectivity index (χ2n) is 6.70. The second kappa shape index (κ2) is 7.45. The molecule has 2 saturated heterocycles. The van der Waals surface area contributed by atoms with Gasteiger partial charge in [0.15, 0.2) is 0 Å². The number of aromatic nitrogens is 2. The van der Waals surface area contributed by atoms with Gasteiger partial charge in [0, 0.05) is 38.0 Å². The van der Waals surface area contributed by atoms with E-state index in [-0.39, 0.29) is 17.9 Å². The largest absolute Gasteiger partial charge is 0.377 e. The van der Waals surface area contributed by atoms with E-state index in [1.807, 2.05) is 6.20 Å². The zero-order valence-electron chi connectivity index (χ0n) is 14.0. The topological polar surface area (TPSA) is 73.4 Å². The molecule has 3 heterocycles. The molecule has 2 atom stereocenters. The number of aryl methyl sites for hydroxylation is 1. The minimum Gasteiger partial charge on any atom is -0.377 e. The van der Waals surface area contributed by atoms with E-state index in [1.54, 1.807) is 0 Å². The second-order valence-corrected chi connectivity index (χ2v) is 6.70. The molecule has 2 fully saturated rings. The van der Waals surface area contributed by atoms with Gasteiger partial charge in [0.05, 0.1) is 12.0 Å². The number of carbonyl (C=O) groups excluding carboxylic acids is 1. The molecule has 2 N–H and O–H groups in total. The third-order valence-electron chi connectivity index (χ3n) is 5.39. The highest BCUT2D eigenvalue weighted by atomic mass is 16.5. The van der Waals surface area contributed by atoms with Crippen LogP contribution in [0.4, 0.5) is 0 Å². The van der Waals surface area contributed by atoms with Crippen LogP contribution < -0.4 is 5.73 Å². The summed E-state index contributed by atoms with van der Waals surface area (Å²) >= 11 is 0. The first-order valence-electron chi connectivity index (χ1n) is 8.83. The predicted molar refractivity (Wildman–Crippen MR) is 87.8 cm³/mol. The summed E-state index contributed by atoms with van der Waals surface area (Å²) < 4.78 is 7.89. The van der Waals surface area contributed by atoms with E-state index in [9.17, 15) is 4.79 Å². The third-order valence-corrected chi connectivity index (χ3v) is 5.39. The van der Waals surface area contributed by atoms with Crippen LogP contribution in [0.15, 0.2) is 12.3 Å². The summed E-state index contributed by atoms with van der Waals surface area (Å²) in [6.07, 6.45) is 5.97. The molecule has 0 unspecified atom stereocenters. The predicted octanol–water partition coefficient (Wildman–Crippen LogP) is 1.05. The average molecular weight is 320 g/mol. The van der Waals surface area contributed by atoms with Crippen LogP contribution in [0.5, 0.6) is 0 Å². The van der Waals surface area contributed by atoms with Gasteiger partial charge in [0.25, 0.3) is 0 Å². The molecule has 1 aromatic rings. The summed E-state index contributed by atoms with van der Waals surface area (Å²) in [5.74, 6) is 0.209. The minimum absolute atomic E-state index is 0.0520. The average Bonchev–Trinajstić information content (AvgIpc) is 3.22. The van der Waals surface area contributed by atoms with Crippen LogP contribution in [0.2, 0.25) is 0 Å². The summed E-state index contributed by atoms with van der Waals surface area (Å²) in [5, 5.41) is 4.33. The SMILES string of the molecule is CCn1nccc1CCN1CCC([C@H]2OCC[C@@H]2C(N)=O)CC1. The van der Waals surface area contributed by atoms with Crippen LogP contribution in [0.3, 0.4) is 0 Å². The number of amides is 1. The number of piperidine rings is 1. The fourth-order valence-corrected chi connectivity index (χ4v) is 4.02. The van der Waals surface area contributed by atoms with Gasteiger partial charge in [0.1, 0.15) is 0 Å². The summed E-state index contributed by atoms with van der Waals surface area (Å²) in [4.78, 5) is 14.0. The number of carbonyl (C=O) groups is 1. The normalized spacial score (nSPS) is 26.7. The summed E-state index contributed by atoms with van der Waals surface area (Å²) in [6, 6.07) is 2.11. The van der Waals surface area contributed by atoms with Gasteiger partial charge in [-0.25, -0.2) is 0 Å². The number of nitrogens with two attached hydrogens (primary N) is 1. The van der Waals surface area contributed by atoms with Crippen LogP contribution in [-0.2, 0) is 22.5 Å². The molecule has 0 bridgehead atoms. The first-order chi connectivity index (χ1) is 11.2. The van der Waals surface area contributed by atoms with E-state index in [2.05, 4.69) is 27.7 Å². The van der Waals surface area contributed by atoms with Crippen molar-refractivity contribution >= 4 is 5.91 Å². The van der Waals surface area contributed by atoms with Gasteiger partial charge in [-0.1, -0.05) is 0 Å². The van der Waals surface area contributed by atoms with E-state index in [1.165, 1.54) is 5.69 Å². The number of rotatable bonds is 6. The Morgan fingerprint density at radius 3 is 2.87 bits per heavy atom. The van der Waals surface area contributed by atoms with E-state index in [0.717, 1.165) is 51.9 Å². The Bertz CT molecular complexity index is 522. The third kappa shape index (κ3) is 3.75. The van der Waals surface area contributed by atoms with Gasteiger partial charge in [-0.3, -0.25) is 9.48 Å². The van der Waals surface area contributed by atoms with Crippen molar-refractivity contribution in [3.8, 4) is 0 Å². The Labute approximate surface area is 138 Å². The first kappa shape index (κ1) is 16.5. The van der Waals surface area contributed by atoms with Gasteiger partial charge < -0.3 is 15.4 Å². The molecular weight excluding hydrogens is 292 g/mol. The Balaban J connectivity index is 1.46. The zero-order chi connectivity index (χ0) is 16.2. The fourth-order valence-electron chi connectivity index (χ4n) is 4.02. The Morgan fingerprint density at radius 2 is 2.17 bits per heavy atom. The van der Waals surface area contributed by atoms with Crippen LogP contribution in [0, 0.1) is 11.8 Å². The highest BCUT2D eigenvalue weighted by Gasteiger charge is 2.39. The molecular formula is C17H28N4O2. The quantitative estimate of drug-likeness (QED) is 0.850. The standard InChI is InChI=1S/C17H28N4O2/c1-2-21-14(3-8-19-21)6-11-20-9-4-13(5-10-20)16-15(17(18)22)7-12-23-16/h3,8,13,15-16H,2,4-7,9-12H2,1H3,(H2,18,22)/t15-,16+/m0/s1. The number of nitrogens with zero attached hydrogens (tertiary/aromatic N) is 3. The van der Waals surface area contributed by atoms with Gasteiger partial charge in [-0.2, -0.15) is 5.10 Å². The van der Waals surface area contributed by atoms with E-state index in [0.29, 0.717) is 12.5 Å². The number of primary amides is 1. The Hall–Kier alpha value is -1.40. The lowest BCUT2D eigenvalue weighted by atomic mass is 9.84. The van der Waals surface area contributed by atoms with Crippen LogP contribution >= 0.6 is 0 Å². The van der Waals surface area contributed by atoms with Crippen LogP contribution in [0.1, 0.15) is 31.9 Å². The molecule has 1 aromatic heterocycles. The lowest BCUT2D eigenvalue weighted by molar-refractivity contribution is -0.124. The molecule has 23 heavy (non-hydrogen) atoms. The lowest BCUT2D eigenvalue weighted by Gasteiger charge is -2.35. The van der Waals surface area contributed by atoms with Crippen molar-refractivity contribution in [1.29, 1.82) is 0 Å². The summed E-state index contributed by atoms with van der Waals surface area (Å²) in [5.41, 5.74) is 6.82. The molecule has 6 nitrogen and oxygen atoms in total. The van der Waals surface area contributed by atoms with Crippen LogP contribution in [-0.4, -0.2) is 52.9 Å². The van der Waals surface area contributed by atoms with Gasteiger partial charge in [-0.15, -0.1) is 0 Å². The lowest BCUT2D eigenvalue weighted by Crippen LogP contribution is -2.42. The van der Waals surface area contributed by atoms with Crippen LogP contribution in [0.25, 0.3) is 0 Å². The molecule has 0 spiro atoms. The summed E-state index contributed by atoms with van der Waals surface area (Å²) in [7, 11) is 0. The highest BCUT2D eigenvalue weighted by Crippen LogP contribution is 2.32. The first-order valence-corrected chi connectivity index (χ1v) is 8.83. The monoisotopic (exact) mass is 320 g/mol. The molecule has 0 aliphatic carbocycles. The molecule has 2 aliphatic rings. The van der Waals surface area contributed by atoms with Crippen molar-refractivity contribution in [3.63, 3.8) is 0 Å². The Morgan fingerprint density at radius 1 is 1.39 bits per heavy atom. The molecule has 2 aliphatic heterocycles. The van der Waals surface area contributed by atoms with Gasteiger partial charge in [-0.05, 0) is 51.3 Å². The molecule has 128 valence electrons. The molecule has 0 saturated carbocycles. The number of ether oxygens (including phenoxy) is 1. The zero-order valence-corrected chi connectivity index (χ0v) is 14.0. The van der Waals surface area contributed by atoms with Crippen molar-refractivity contribution in [1.82, 2.24) is 14.7 Å². The van der Waals surface area contributed by atoms with Crippen molar-refractivity contribution in [2.75, 3.05) is 26.2 Å². The van der Waals surface area contributed by atoms with E-state index < -0.39 is 0 Å². The smallest absolute Gasteiger partial charge is 0.223 e. The molecule has 3 rings (SSSR count). The van der Waals surface area contributed by atoms with Crippen molar-refractivity contribution in [2.24, 2.45) is 17.6 Å². The Kier molecular flexibility index (Phi) is 5.33. The number of likely N-dealkylation sites (tertiary alicyclic amines) is 1. The number of hydrogen-bond acceptors (Lipinski definition) is 4. The number of hydrogen-bond donors (Lipinski definition) is 1. The molecule has 0 aromatic carbocycles. The maximum absolute atomic E-state index is 11.5. The van der Waals surface area contributed by atoms with Gasteiger partial charge in [0.2, 0.25) is 5.91 Å². The molecule has 1 amide bonds. The minimum atomic E-state index is -0.192. The van der Waals surface area contributed by atoms with Crippen molar-refractivity contribution in [3.05, 3.63) is 18.0 Å². The molecule has 0 radical (unpaired) electrons. The molecule has 6 heteroatoms.